The molecule has 2 heteroatoms. The number of hydrogen-bond donors (Lipinski definition) is 1. The second kappa shape index (κ2) is 4.75. The molecule has 18 heavy (non-hydrogen) atoms. The largest absolute Gasteiger partial charge is 0.342 e. The van der Waals surface area contributed by atoms with E-state index in [1.165, 1.54) is 54.6 Å². The number of nitrogens with zero attached hydrogens (tertiary/aromatic N) is 1. The Balaban J connectivity index is 1.86. The summed E-state index contributed by atoms with van der Waals surface area (Å²) in [6, 6.07) is 4.42. The lowest BCUT2D eigenvalue weighted by Gasteiger charge is -2.20. The van der Waals surface area contributed by atoms with Crippen molar-refractivity contribution in [3.05, 3.63) is 29.1 Å². The number of aromatic nitrogens is 2. The molecule has 0 spiro atoms. The molecule has 0 amide bonds. The van der Waals surface area contributed by atoms with E-state index in [0.717, 1.165) is 17.9 Å². The molecule has 1 aromatic carbocycles. The molecule has 1 aromatic heterocycles. The van der Waals surface area contributed by atoms with E-state index in [-0.39, 0.29) is 0 Å². The van der Waals surface area contributed by atoms with Gasteiger partial charge >= 0.3 is 0 Å². The first-order valence-electron chi connectivity index (χ1n) is 7.18. The highest BCUT2D eigenvalue weighted by atomic mass is 14.9. The number of nitrogens with one attached hydrogen (secondary N) is 1. The summed E-state index contributed by atoms with van der Waals surface area (Å²) < 4.78 is 0. The number of hydrogen-bond acceptors (Lipinski definition) is 1. The number of imidazole rings is 1. The van der Waals surface area contributed by atoms with E-state index in [4.69, 9.17) is 4.98 Å². The molecule has 2 nitrogen and oxygen atoms in total. The van der Waals surface area contributed by atoms with Gasteiger partial charge in [-0.1, -0.05) is 38.2 Å². The molecular formula is C16H22N2. The van der Waals surface area contributed by atoms with Crippen molar-refractivity contribution in [1.29, 1.82) is 0 Å². The Bertz CT molecular complexity index is 547. The summed E-state index contributed by atoms with van der Waals surface area (Å²) >= 11 is 0. The van der Waals surface area contributed by atoms with Crippen molar-refractivity contribution in [2.75, 3.05) is 0 Å². The smallest absolute Gasteiger partial charge is 0.107 e. The summed E-state index contributed by atoms with van der Waals surface area (Å²) in [5.74, 6) is 2.03. The maximum absolute atomic E-state index is 4.79. The second-order valence-electron chi connectivity index (χ2n) is 5.87. The van der Waals surface area contributed by atoms with Gasteiger partial charge in [0.05, 0.1) is 11.0 Å². The predicted octanol–water partition coefficient (Wildman–Crippen LogP) is 4.30. The van der Waals surface area contributed by atoms with E-state index < -0.39 is 0 Å². The zero-order chi connectivity index (χ0) is 12.5. The topological polar surface area (TPSA) is 28.7 Å². The van der Waals surface area contributed by atoms with Crippen molar-refractivity contribution in [1.82, 2.24) is 9.97 Å². The van der Waals surface area contributed by atoms with Gasteiger partial charge in [-0.25, -0.2) is 4.98 Å². The van der Waals surface area contributed by atoms with Crippen LogP contribution < -0.4 is 0 Å². The first-order valence-corrected chi connectivity index (χ1v) is 7.18. The summed E-state index contributed by atoms with van der Waals surface area (Å²) in [7, 11) is 0. The third-order valence-corrected chi connectivity index (χ3v) is 4.18. The fourth-order valence-corrected chi connectivity index (χ4v) is 3.28. The molecule has 1 saturated carbocycles. The Hall–Kier alpha value is -1.31. The fourth-order valence-electron chi connectivity index (χ4n) is 3.28. The van der Waals surface area contributed by atoms with Crippen LogP contribution in [0.5, 0.6) is 0 Å². The molecule has 0 aliphatic heterocycles. The van der Waals surface area contributed by atoms with Gasteiger partial charge in [0.25, 0.3) is 0 Å². The summed E-state index contributed by atoms with van der Waals surface area (Å²) in [6.07, 6.45) is 8.14. The lowest BCUT2D eigenvalue weighted by molar-refractivity contribution is 0.352. The molecule has 1 aliphatic carbocycles. The van der Waals surface area contributed by atoms with Gasteiger partial charge in [0, 0.05) is 6.42 Å². The van der Waals surface area contributed by atoms with Crippen molar-refractivity contribution >= 4 is 11.0 Å². The molecule has 3 rings (SSSR count). The minimum Gasteiger partial charge on any atom is -0.342 e. The van der Waals surface area contributed by atoms with Crippen LogP contribution in [-0.4, -0.2) is 9.97 Å². The van der Waals surface area contributed by atoms with E-state index in [1.807, 2.05) is 0 Å². The molecule has 2 aromatic rings. The van der Waals surface area contributed by atoms with Gasteiger partial charge in [-0.3, -0.25) is 0 Å². The van der Waals surface area contributed by atoms with Crippen LogP contribution in [0.15, 0.2) is 12.1 Å². The quantitative estimate of drug-likeness (QED) is 0.835. The molecule has 1 aliphatic rings. The van der Waals surface area contributed by atoms with Crippen LogP contribution in [0.4, 0.5) is 0 Å². The number of rotatable bonds is 2. The zero-order valence-corrected chi connectivity index (χ0v) is 11.4. The summed E-state index contributed by atoms with van der Waals surface area (Å²) in [4.78, 5) is 8.31. The Morgan fingerprint density at radius 2 is 1.94 bits per heavy atom. The van der Waals surface area contributed by atoms with E-state index >= 15 is 0 Å². The Morgan fingerprint density at radius 1 is 1.17 bits per heavy atom. The summed E-state index contributed by atoms with van der Waals surface area (Å²) in [6.45, 7) is 4.30. The van der Waals surface area contributed by atoms with Crippen molar-refractivity contribution in [2.45, 2.75) is 52.4 Å². The molecule has 1 heterocycles. The lowest BCUT2D eigenvalue weighted by atomic mass is 9.87. The van der Waals surface area contributed by atoms with Crippen LogP contribution >= 0.6 is 0 Å². The molecule has 1 fully saturated rings. The highest BCUT2D eigenvalue weighted by Crippen LogP contribution is 2.27. The molecule has 1 N–H and O–H groups in total. The number of fused-ring (bicyclic) bond motifs is 1. The van der Waals surface area contributed by atoms with Crippen LogP contribution in [0.25, 0.3) is 11.0 Å². The first-order chi connectivity index (χ1) is 8.72. The maximum atomic E-state index is 4.79. The zero-order valence-electron chi connectivity index (χ0n) is 11.4. The standard InChI is InChI=1S/C16H22N2/c1-11-8-12(2)16-14(9-11)17-15(18-16)10-13-6-4-3-5-7-13/h8-9,13H,3-7,10H2,1-2H3,(H,17,18). The van der Waals surface area contributed by atoms with E-state index in [9.17, 15) is 0 Å². The molecule has 0 saturated heterocycles. The van der Waals surface area contributed by atoms with Gasteiger partial charge in [-0.05, 0) is 37.0 Å². The minimum atomic E-state index is 0.848. The monoisotopic (exact) mass is 242 g/mol. The van der Waals surface area contributed by atoms with Crippen molar-refractivity contribution in [3.63, 3.8) is 0 Å². The molecule has 0 bridgehead atoms. The maximum Gasteiger partial charge on any atom is 0.107 e. The molecule has 96 valence electrons. The number of benzene rings is 1. The van der Waals surface area contributed by atoms with Crippen LogP contribution in [0, 0.1) is 19.8 Å². The first kappa shape index (κ1) is 11.8. The van der Waals surface area contributed by atoms with Crippen molar-refractivity contribution in [2.24, 2.45) is 5.92 Å². The SMILES string of the molecule is Cc1cc(C)c2nc(CC3CCCCC3)[nH]c2c1. The van der Waals surface area contributed by atoms with Crippen LogP contribution in [0.3, 0.4) is 0 Å². The normalized spacial score (nSPS) is 17.4. The second-order valence-corrected chi connectivity index (χ2v) is 5.87. The van der Waals surface area contributed by atoms with Gasteiger partial charge in [0.15, 0.2) is 0 Å². The van der Waals surface area contributed by atoms with Gasteiger partial charge in [0.1, 0.15) is 5.82 Å². The average Bonchev–Trinajstić information content (AvgIpc) is 2.73. The highest BCUT2D eigenvalue weighted by molar-refractivity contribution is 5.79. The predicted molar refractivity (Wildman–Crippen MR) is 75.8 cm³/mol. The van der Waals surface area contributed by atoms with Gasteiger partial charge < -0.3 is 4.98 Å². The Labute approximate surface area is 109 Å². The minimum absolute atomic E-state index is 0.848. The molecule has 0 radical (unpaired) electrons. The summed E-state index contributed by atoms with van der Waals surface area (Å²) in [5.41, 5.74) is 4.97. The molecule has 0 atom stereocenters. The third-order valence-electron chi connectivity index (χ3n) is 4.18. The van der Waals surface area contributed by atoms with Crippen molar-refractivity contribution in [3.8, 4) is 0 Å². The van der Waals surface area contributed by atoms with Crippen LogP contribution in [-0.2, 0) is 6.42 Å². The van der Waals surface area contributed by atoms with Crippen LogP contribution in [0.1, 0.15) is 49.1 Å². The average molecular weight is 242 g/mol. The molecular weight excluding hydrogens is 220 g/mol. The van der Waals surface area contributed by atoms with Crippen LogP contribution in [0.2, 0.25) is 0 Å². The summed E-state index contributed by atoms with van der Waals surface area (Å²) in [5, 5.41) is 0. The lowest BCUT2D eigenvalue weighted by Crippen LogP contribution is -2.10. The van der Waals surface area contributed by atoms with Gasteiger partial charge in [-0.2, -0.15) is 0 Å². The van der Waals surface area contributed by atoms with Gasteiger partial charge in [0.2, 0.25) is 0 Å². The molecule has 0 unspecified atom stereocenters. The third kappa shape index (κ3) is 2.29. The Morgan fingerprint density at radius 3 is 2.72 bits per heavy atom. The van der Waals surface area contributed by atoms with E-state index in [0.29, 0.717) is 0 Å². The fraction of sp³-hybridized carbons (Fsp3) is 0.562. The van der Waals surface area contributed by atoms with Gasteiger partial charge in [-0.15, -0.1) is 0 Å². The number of aromatic amines is 1. The van der Waals surface area contributed by atoms with E-state index in [1.54, 1.807) is 0 Å². The Kier molecular flexibility index (Phi) is 3.11. The number of H-pyrrole nitrogens is 1. The van der Waals surface area contributed by atoms with Crippen molar-refractivity contribution < 1.29 is 0 Å². The highest BCUT2D eigenvalue weighted by Gasteiger charge is 2.16. The van der Waals surface area contributed by atoms with E-state index in [2.05, 4.69) is 31.0 Å². The number of aryl methyl sites for hydroxylation is 2.